The van der Waals surface area contributed by atoms with E-state index < -0.39 is 8.32 Å². The van der Waals surface area contributed by atoms with Crippen molar-refractivity contribution in [3.63, 3.8) is 0 Å². The highest BCUT2D eigenvalue weighted by molar-refractivity contribution is 6.74. The zero-order valence-electron chi connectivity index (χ0n) is 17.0. The van der Waals surface area contributed by atoms with Crippen LogP contribution in [0.4, 0.5) is 0 Å². The van der Waals surface area contributed by atoms with Gasteiger partial charge in [0.25, 0.3) is 0 Å². The molecule has 0 saturated heterocycles. The maximum Gasteiger partial charge on any atom is 0.192 e. The summed E-state index contributed by atoms with van der Waals surface area (Å²) in [6, 6.07) is 0. The molecule has 3 atom stereocenters. The first-order chi connectivity index (χ1) is 10.7. The molecule has 0 aromatic heterocycles. The fourth-order valence-corrected chi connectivity index (χ4v) is 4.74. The molecule has 23 heavy (non-hydrogen) atoms. The molecule has 0 N–H and O–H groups in total. The van der Waals surface area contributed by atoms with Gasteiger partial charge in [-0.3, -0.25) is 0 Å². The van der Waals surface area contributed by atoms with Crippen LogP contribution in [0.5, 0.6) is 0 Å². The van der Waals surface area contributed by atoms with Crippen LogP contribution >= 0.6 is 0 Å². The summed E-state index contributed by atoms with van der Waals surface area (Å²) >= 11 is 0. The van der Waals surface area contributed by atoms with Crippen molar-refractivity contribution in [1.82, 2.24) is 0 Å². The van der Waals surface area contributed by atoms with E-state index in [1.807, 2.05) is 0 Å². The zero-order chi connectivity index (χ0) is 17.5. The van der Waals surface area contributed by atoms with Gasteiger partial charge in [-0.25, -0.2) is 0 Å². The Labute approximate surface area is 147 Å². The van der Waals surface area contributed by atoms with Gasteiger partial charge in [0.1, 0.15) is 0 Å². The van der Waals surface area contributed by atoms with E-state index in [0.717, 1.165) is 11.8 Å². The largest absolute Gasteiger partial charge is 0.411 e. The van der Waals surface area contributed by atoms with E-state index in [1.54, 1.807) is 0 Å². The van der Waals surface area contributed by atoms with Crippen molar-refractivity contribution < 1.29 is 4.43 Å². The van der Waals surface area contributed by atoms with Crippen molar-refractivity contribution in [3.8, 4) is 0 Å². The Bertz CT molecular complexity index is 353. The van der Waals surface area contributed by atoms with Crippen LogP contribution in [0.1, 0.15) is 86.0 Å². The fraction of sp³-hybridized carbons (Fsp3) is 0.905. The molecule has 1 unspecified atom stereocenters. The molecule has 1 fully saturated rings. The van der Waals surface area contributed by atoms with Crippen molar-refractivity contribution in [2.24, 2.45) is 11.8 Å². The van der Waals surface area contributed by atoms with Crippen LogP contribution in [0.3, 0.4) is 0 Å². The molecule has 1 aliphatic carbocycles. The summed E-state index contributed by atoms with van der Waals surface area (Å²) in [5, 5.41) is 0.295. The van der Waals surface area contributed by atoms with Gasteiger partial charge >= 0.3 is 0 Å². The van der Waals surface area contributed by atoms with E-state index in [-0.39, 0.29) is 0 Å². The second-order valence-corrected chi connectivity index (χ2v) is 13.8. The summed E-state index contributed by atoms with van der Waals surface area (Å²) in [6.45, 7) is 16.4. The SMILES string of the molecule is CCCCCC(/C=C\[C@H]1CCC[C@@H]1CC)O[Si](C)(C)C(C)(C)C. The number of hydrogen-bond acceptors (Lipinski definition) is 1. The van der Waals surface area contributed by atoms with Gasteiger partial charge in [-0.2, -0.15) is 0 Å². The third kappa shape index (κ3) is 6.74. The minimum atomic E-state index is -1.68. The normalized spacial score (nSPS) is 24.5. The summed E-state index contributed by atoms with van der Waals surface area (Å²) in [5.41, 5.74) is 0. The van der Waals surface area contributed by atoms with Crippen LogP contribution < -0.4 is 0 Å². The Morgan fingerprint density at radius 3 is 2.39 bits per heavy atom. The lowest BCUT2D eigenvalue weighted by Crippen LogP contribution is -2.43. The van der Waals surface area contributed by atoms with Gasteiger partial charge in [0.15, 0.2) is 8.32 Å². The molecule has 1 nitrogen and oxygen atoms in total. The summed E-state index contributed by atoms with van der Waals surface area (Å²) < 4.78 is 6.73. The summed E-state index contributed by atoms with van der Waals surface area (Å²) in [5.74, 6) is 1.71. The first kappa shape index (κ1) is 21.0. The molecule has 0 aromatic carbocycles. The molecule has 1 saturated carbocycles. The van der Waals surface area contributed by atoms with Gasteiger partial charge in [0, 0.05) is 0 Å². The molecule has 0 aromatic rings. The Morgan fingerprint density at radius 2 is 1.83 bits per heavy atom. The first-order valence-corrected chi connectivity index (χ1v) is 13.0. The average molecular weight is 339 g/mol. The smallest absolute Gasteiger partial charge is 0.192 e. The van der Waals surface area contributed by atoms with Crippen LogP contribution in [0, 0.1) is 11.8 Å². The number of hydrogen-bond donors (Lipinski definition) is 0. The Hall–Kier alpha value is -0.0831. The predicted octanol–water partition coefficient (Wildman–Crippen LogP) is 7.34. The van der Waals surface area contributed by atoms with Crippen LogP contribution in [-0.2, 0) is 4.43 Å². The highest BCUT2D eigenvalue weighted by Crippen LogP contribution is 2.39. The predicted molar refractivity (Wildman–Crippen MR) is 106 cm³/mol. The number of rotatable bonds is 9. The fourth-order valence-electron chi connectivity index (χ4n) is 3.44. The highest BCUT2D eigenvalue weighted by Gasteiger charge is 2.38. The van der Waals surface area contributed by atoms with Gasteiger partial charge < -0.3 is 4.43 Å². The lowest BCUT2D eigenvalue weighted by atomic mass is 9.93. The van der Waals surface area contributed by atoms with Gasteiger partial charge in [0.2, 0.25) is 0 Å². The van der Waals surface area contributed by atoms with Crippen LogP contribution in [0.25, 0.3) is 0 Å². The maximum atomic E-state index is 6.73. The quantitative estimate of drug-likeness (QED) is 0.243. The van der Waals surface area contributed by atoms with Crippen molar-refractivity contribution in [2.75, 3.05) is 0 Å². The van der Waals surface area contributed by atoms with Gasteiger partial charge in [-0.05, 0) is 49.2 Å². The van der Waals surface area contributed by atoms with Gasteiger partial charge in [0.05, 0.1) is 6.10 Å². The number of unbranched alkanes of at least 4 members (excludes halogenated alkanes) is 2. The summed E-state index contributed by atoms with van der Waals surface area (Å²) in [6.07, 6.45) is 16.0. The van der Waals surface area contributed by atoms with Crippen molar-refractivity contribution in [3.05, 3.63) is 12.2 Å². The molecule has 0 heterocycles. The Balaban J connectivity index is 2.71. The Kier molecular flexibility index (Phi) is 8.58. The molecular weight excluding hydrogens is 296 g/mol. The summed E-state index contributed by atoms with van der Waals surface area (Å²) in [7, 11) is -1.68. The molecular formula is C21H42OSi. The molecule has 2 heteroatoms. The maximum absolute atomic E-state index is 6.73. The summed E-state index contributed by atoms with van der Waals surface area (Å²) in [4.78, 5) is 0. The van der Waals surface area contributed by atoms with Gasteiger partial charge in [-0.15, -0.1) is 0 Å². The van der Waals surface area contributed by atoms with Crippen molar-refractivity contribution in [1.29, 1.82) is 0 Å². The van der Waals surface area contributed by atoms with Crippen LogP contribution in [0.2, 0.25) is 18.1 Å². The average Bonchev–Trinajstić information content (AvgIpc) is 2.90. The molecule has 0 bridgehead atoms. The lowest BCUT2D eigenvalue weighted by Gasteiger charge is -2.38. The van der Waals surface area contributed by atoms with E-state index in [9.17, 15) is 0 Å². The van der Waals surface area contributed by atoms with E-state index >= 15 is 0 Å². The monoisotopic (exact) mass is 338 g/mol. The van der Waals surface area contributed by atoms with Gasteiger partial charge in [-0.1, -0.05) is 78.9 Å². The second kappa shape index (κ2) is 9.41. The molecule has 1 aliphatic rings. The molecule has 136 valence electrons. The topological polar surface area (TPSA) is 9.23 Å². The van der Waals surface area contributed by atoms with E-state index in [1.165, 1.54) is 51.4 Å². The van der Waals surface area contributed by atoms with E-state index in [4.69, 9.17) is 4.43 Å². The Morgan fingerprint density at radius 1 is 1.13 bits per heavy atom. The zero-order valence-corrected chi connectivity index (χ0v) is 18.0. The van der Waals surface area contributed by atoms with Crippen molar-refractivity contribution in [2.45, 2.75) is 110 Å². The standard InChI is InChI=1S/C21H42OSi/c1-8-10-11-15-20(22-23(6,7)21(3,4)5)17-16-19-14-12-13-18(19)9-2/h16-20H,8-15H2,1-7H3/b17-16-/t18-,19+,20?/m0/s1. The molecule has 0 amide bonds. The highest BCUT2D eigenvalue weighted by atomic mass is 28.4. The molecule has 0 spiro atoms. The number of allylic oxidation sites excluding steroid dienone is 1. The lowest BCUT2D eigenvalue weighted by molar-refractivity contribution is 0.210. The minimum absolute atomic E-state index is 0.295. The molecule has 0 radical (unpaired) electrons. The third-order valence-electron chi connectivity index (χ3n) is 6.16. The molecule has 0 aliphatic heterocycles. The first-order valence-electron chi connectivity index (χ1n) is 10.1. The van der Waals surface area contributed by atoms with Crippen molar-refractivity contribution >= 4 is 8.32 Å². The molecule has 1 rings (SSSR count). The minimum Gasteiger partial charge on any atom is -0.411 e. The second-order valence-electron chi connectivity index (χ2n) is 9.06. The van der Waals surface area contributed by atoms with E-state index in [0.29, 0.717) is 11.1 Å². The third-order valence-corrected chi connectivity index (χ3v) is 10.7. The van der Waals surface area contributed by atoms with Crippen LogP contribution in [-0.4, -0.2) is 14.4 Å². The van der Waals surface area contributed by atoms with E-state index in [2.05, 4.69) is 59.9 Å². The van der Waals surface area contributed by atoms with Crippen LogP contribution in [0.15, 0.2) is 12.2 Å².